The summed E-state index contributed by atoms with van der Waals surface area (Å²) in [7, 11) is 5.22. The van der Waals surface area contributed by atoms with Crippen molar-refractivity contribution in [3.8, 4) is 22.6 Å². The zero-order valence-electron chi connectivity index (χ0n) is 30.5. The van der Waals surface area contributed by atoms with Crippen LogP contribution >= 0.6 is 23.2 Å². The predicted molar refractivity (Wildman–Crippen MR) is 206 cm³/mol. The quantitative estimate of drug-likeness (QED) is 0.148. The number of carboxylic acids is 1. The maximum absolute atomic E-state index is 15.1. The van der Waals surface area contributed by atoms with Crippen molar-refractivity contribution in [3.63, 3.8) is 0 Å². The second-order valence-electron chi connectivity index (χ2n) is 13.7. The van der Waals surface area contributed by atoms with Crippen molar-refractivity contribution in [2.24, 2.45) is 14.1 Å². The van der Waals surface area contributed by atoms with E-state index in [1.165, 1.54) is 7.11 Å². The molecule has 1 amide bonds. The number of amides is 1. The van der Waals surface area contributed by atoms with Gasteiger partial charge in [0.15, 0.2) is 0 Å². The van der Waals surface area contributed by atoms with Crippen molar-refractivity contribution < 1.29 is 24.2 Å². The number of anilines is 1. The first-order chi connectivity index (χ1) is 24.7. The van der Waals surface area contributed by atoms with E-state index in [1.807, 2.05) is 69.8 Å². The van der Waals surface area contributed by atoms with E-state index in [9.17, 15) is 9.90 Å². The van der Waals surface area contributed by atoms with Crippen LogP contribution in [0.3, 0.4) is 0 Å². The first-order valence-corrected chi connectivity index (χ1v) is 18.0. The van der Waals surface area contributed by atoms with Gasteiger partial charge in [0, 0.05) is 60.1 Å². The maximum atomic E-state index is 15.1. The van der Waals surface area contributed by atoms with Gasteiger partial charge in [-0.3, -0.25) is 9.48 Å². The second kappa shape index (κ2) is 13.2. The normalized spacial score (nSPS) is 14.5. The maximum Gasteiger partial charge on any atom is 0.338 e. The smallest absolute Gasteiger partial charge is 0.338 e. The highest BCUT2D eigenvalue weighted by molar-refractivity contribution is 6.35. The zero-order chi connectivity index (χ0) is 37.3. The molecule has 1 unspecified atom stereocenters. The molecule has 12 heteroatoms. The van der Waals surface area contributed by atoms with Gasteiger partial charge in [-0.1, -0.05) is 29.3 Å². The molecule has 0 saturated heterocycles. The average molecular weight is 743 g/mol. The molecule has 7 rings (SSSR count). The molecule has 3 aromatic heterocycles. The predicted octanol–water partition coefficient (Wildman–Crippen LogP) is 9.01. The number of aromatic carboxylic acids is 1. The summed E-state index contributed by atoms with van der Waals surface area (Å²) >= 11 is 13.5. The summed E-state index contributed by atoms with van der Waals surface area (Å²) in [6.45, 7) is 10.8. The van der Waals surface area contributed by atoms with E-state index in [0.29, 0.717) is 59.0 Å². The van der Waals surface area contributed by atoms with Crippen molar-refractivity contribution in [2.45, 2.75) is 53.5 Å². The van der Waals surface area contributed by atoms with Gasteiger partial charge in [0.25, 0.3) is 5.91 Å². The van der Waals surface area contributed by atoms with Crippen LogP contribution in [0.25, 0.3) is 32.9 Å². The fourth-order valence-electron chi connectivity index (χ4n) is 7.99. The van der Waals surface area contributed by atoms with Crippen LogP contribution in [0.2, 0.25) is 10.0 Å². The third-order valence-corrected chi connectivity index (χ3v) is 11.3. The van der Waals surface area contributed by atoms with Crippen molar-refractivity contribution in [2.75, 3.05) is 25.2 Å². The minimum atomic E-state index is -1.07. The first kappa shape index (κ1) is 35.5. The number of nitrogens with zero attached hydrogens (tertiary/aromatic N) is 5. The van der Waals surface area contributed by atoms with Gasteiger partial charge in [-0.2, -0.15) is 5.10 Å². The Morgan fingerprint density at radius 3 is 2.37 bits per heavy atom. The molecular weight excluding hydrogens is 701 g/mol. The molecule has 0 radical (unpaired) electrons. The number of hydrogen-bond donors (Lipinski definition) is 1. The standard InChI is InChI=1S/C40H41Cl2N5O5/c1-20-16-25(17-21(2)35(20)42)52-15-9-10-26-27-11-12-29(41)34(32-23(4)43-45(7)24(32)5)36(27)47-22(3)18-46(39(48)37(26)47)30-13-14-31(51-8)33-28(40(49)50)19-44(6)38(30)33/h11-14,16-17,19,22H,9-10,15,18H2,1-8H3,(H,49,50). The molecular formula is C40H41Cl2N5O5. The van der Waals surface area contributed by atoms with E-state index in [0.717, 1.165) is 60.9 Å². The molecule has 52 heavy (non-hydrogen) atoms. The molecule has 270 valence electrons. The molecule has 1 atom stereocenters. The van der Waals surface area contributed by atoms with Crippen LogP contribution in [-0.4, -0.2) is 56.2 Å². The van der Waals surface area contributed by atoms with E-state index < -0.39 is 5.97 Å². The Kier molecular flexibility index (Phi) is 9.03. The summed E-state index contributed by atoms with van der Waals surface area (Å²) in [5.41, 5.74) is 9.24. The third kappa shape index (κ3) is 5.51. The molecule has 3 aromatic carbocycles. The Morgan fingerprint density at radius 1 is 1.02 bits per heavy atom. The Labute approximate surface area is 312 Å². The molecule has 1 N–H and O–H groups in total. The van der Waals surface area contributed by atoms with E-state index >= 15 is 4.79 Å². The van der Waals surface area contributed by atoms with Crippen LogP contribution < -0.4 is 14.4 Å². The number of rotatable bonds is 9. The number of aromatic nitrogens is 4. The van der Waals surface area contributed by atoms with Gasteiger partial charge in [-0.15, -0.1) is 0 Å². The Bertz CT molecular complexity index is 2430. The topological polar surface area (TPSA) is 104 Å². The summed E-state index contributed by atoms with van der Waals surface area (Å²) in [5, 5.41) is 17.5. The number of aryl methyl sites for hydroxylation is 6. The van der Waals surface area contributed by atoms with Gasteiger partial charge >= 0.3 is 5.97 Å². The fourth-order valence-corrected chi connectivity index (χ4v) is 8.34. The highest BCUT2D eigenvalue weighted by Gasteiger charge is 2.38. The number of halogens is 2. The van der Waals surface area contributed by atoms with Gasteiger partial charge in [-0.05, 0) is 94.5 Å². The third-order valence-electron chi connectivity index (χ3n) is 10.4. The highest BCUT2D eigenvalue weighted by Crippen LogP contribution is 2.46. The van der Waals surface area contributed by atoms with Gasteiger partial charge in [0.2, 0.25) is 0 Å². The number of methoxy groups -OCH3 is 1. The molecule has 10 nitrogen and oxygen atoms in total. The second-order valence-corrected chi connectivity index (χ2v) is 14.5. The van der Waals surface area contributed by atoms with Crippen LogP contribution in [0.5, 0.6) is 11.5 Å². The largest absolute Gasteiger partial charge is 0.496 e. The zero-order valence-corrected chi connectivity index (χ0v) is 32.0. The number of carbonyl (C=O) groups is 2. The molecule has 0 aliphatic carbocycles. The molecule has 1 aliphatic heterocycles. The lowest BCUT2D eigenvalue weighted by Crippen LogP contribution is -2.43. The molecule has 1 aliphatic rings. The van der Waals surface area contributed by atoms with Crippen LogP contribution in [0.4, 0.5) is 5.69 Å². The van der Waals surface area contributed by atoms with Crippen LogP contribution in [0.1, 0.15) is 68.3 Å². The van der Waals surface area contributed by atoms with E-state index in [1.54, 1.807) is 28.8 Å². The van der Waals surface area contributed by atoms with Crippen molar-refractivity contribution in [3.05, 3.63) is 92.0 Å². The van der Waals surface area contributed by atoms with Gasteiger partial charge in [-0.25, -0.2) is 4.79 Å². The summed E-state index contributed by atoms with van der Waals surface area (Å²) in [6, 6.07) is 11.2. The Balaban J connectivity index is 1.40. The number of hydrogen-bond acceptors (Lipinski definition) is 5. The fraction of sp³-hybridized carbons (Fsp3) is 0.325. The number of benzene rings is 3. The van der Waals surface area contributed by atoms with Gasteiger partial charge in [0.05, 0.1) is 52.1 Å². The monoisotopic (exact) mass is 741 g/mol. The van der Waals surface area contributed by atoms with Crippen LogP contribution in [-0.2, 0) is 20.5 Å². The van der Waals surface area contributed by atoms with E-state index in [-0.39, 0.29) is 17.5 Å². The summed E-state index contributed by atoms with van der Waals surface area (Å²) < 4.78 is 17.6. The molecule has 4 heterocycles. The number of carbonyl (C=O) groups excluding carboxylic acids is 1. The summed E-state index contributed by atoms with van der Waals surface area (Å²) in [6.07, 6.45) is 2.77. The summed E-state index contributed by atoms with van der Waals surface area (Å²) in [4.78, 5) is 29.2. The van der Waals surface area contributed by atoms with Gasteiger partial charge in [0.1, 0.15) is 17.2 Å². The van der Waals surface area contributed by atoms with Gasteiger partial charge < -0.3 is 28.6 Å². The minimum Gasteiger partial charge on any atom is -0.496 e. The average Bonchev–Trinajstić information content (AvgIpc) is 3.72. The lowest BCUT2D eigenvalue weighted by Gasteiger charge is -2.35. The lowest BCUT2D eigenvalue weighted by atomic mass is 9.98. The molecule has 0 bridgehead atoms. The number of fused-ring (bicyclic) bond motifs is 4. The lowest BCUT2D eigenvalue weighted by molar-refractivity contribution is 0.0698. The SMILES string of the molecule is COc1ccc(N2CC(C)n3c(c(CCCOc4cc(C)c(Cl)c(C)c4)c4ccc(Cl)c(-c5c(C)nn(C)c5C)c43)C2=O)c2c1c(C(=O)O)cn2C. The van der Waals surface area contributed by atoms with Crippen molar-refractivity contribution >= 4 is 62.6 Å². The molecule has 0 fully saturated rings. The van der Waals surface area contributed by atoms with Crippen molar-refractivity contribution in [1.29, 1.82) is 0 Å². The molecule has 0 saturated carbocycles. The minimum absolute atomic E-state index is 0.107. The number of carboxylic acid groups (broad SMARTS) is 1. The molecule has 0 spiro atoms. The van der Waals surface area contributed by atoms with Crippen LogP contribution in [0.15, 0.2) is 42.6 Å². The van der Waals surface area contributed by atoms with E-state index in [2.05, 4.69) is 11.5 Å². The Hall–Kier alpha value is -4.93. The number of ether oxygens (including phenoxy) is 2. The summed E-state index contributed by atoms with van der Waals surface area (Å²) in [5.74, 6) is -0.0714. The van der Waals surface area contributed by atoms with Crippen LogP contribution in [0, 0.1) is 27.7 Å². The van der Waals surface area contributed by atoms with Crippen molar-refractivity contribution in [1.82, 2.24) is 18.9 Å². The molecule has 6 aromatic rings. The first-order valence-electron chi connectivity index (χ1n) is 17.2. The Morgan fingerprint density at radius 2 is 1.73 bits per heavy atom. The highest BCUT2D eigenvalue weighted by atomic mass is 35.5. The van der Waals surface area contributed by atoms with E-state index in [4.69, 9.17) is 37.8 Å².